The summed E-state index contributed by atoms with van der Waals surface area (Å²) in [7, 11) is 0. The molecule has 1 aromatic carbocycles. The first kappa shape index (κ1) is 15.3. The monoisotopic (exact) mass is 306 g/mol. The SMILES string of the molecule is CCC(=O)N1CC[C@H](N[C@H]2CCCOc3ccc(F)cc32)C1. The second-order valence-corrected chi connectivity index (χ2v) is 6.07. The maximum absolute atomic E-state index is 13.6. The van der Waals surface area contributed by atoms with Crippen LogP contribution in [0.15, 0.2) is 18.2 Å². The fourth-order valence-electron chi connectivity index (χ4n) is 3.35. The van der Waals surface area contributed by atoms with Crippen LogP contribution in [0.2, 0.25) is 0 Å². The minimum absolute atomic E-state index is 0.0925. The van der Waals surface area contributed by atoms with Gasteiger partial charge in [-0.1, -0.05) is 6.92 Å². The van der Waals surface area contributed by atoms with Crippen LogP contribution in [0, 0.1) is 5.82 Å². The van der Waals surface area contributed by atoms with Crippen LogP contribution in [-0.2, 0) is 4.79 Å². The molecule has 2 aliphatic rings. The van der Waals surface area contributed by atoms with Crippen molar-refractivity contribution in [3.05, 3.63) is 29.6 Å². The predicted molar refractivity (Wildman–Crippen MR) is 82.3 cm³/mol. The molecule has 0 spiro atoms. The molecule has 1 amide bonds. The highest BCUT2D eigenvalue weighted by Gasteiger charge is 2.29. The minimum Gasteiger partial charge on any atom is -0.493 e. The van der Waals surface area contributed by atoms with E-state index in [9.17, 15) is 9.18 Å². The standard InChI is InChI=1S/C17H23FN2O2/c1-2-17(21)20-8-7-13(11-20)19-15-4-3-9-22-16-6-5-12(18)10-14(15)16/h5-6,10,13,15,19H,2-4,7-9,11H2,1H3/t13-,15-/m0/s1. The molecule has 2 aliphatic heterocycles. The Morgan fingerprint density at radius 2 is 2.32 bits per heavy atom. The van der Waals surface area contributed by atoms with Gasteiger partial charge < -0.3 is 15.0 Å². The molecule has 0 radical (unpaired) electrons. The molecule has 2 heterocycles. The van der Waals surface area contributed by atoms with Crippen LogP contribution in [0.25, 0.3) is 0 Å². The Kier molecular flexibility index (Phi) is 4.62. The Morgan fingerprint density at radius 3 is 3.14 bits per heavy atom. The highest BCUT2D eigenvalue weighted by Crippen LogP contribution is 2.33. The Bertz CT molecular complexity index is 549. The number of carbonyl (C=O) groups excluding carboxylic acids is 1. The smallest absolute Gasteiger partial charge is 0.222 e. The summed E-state index contributed by atoms with van der Waals surface area (Å²) in [5, 5.41) is 3.61. The number of nitrogens with zero attached hydrogens (tertiary/aromatic N) is 1. The molecule has 1 fully saturated rings. The van der Waals surface area contributed by atoms with Crippen LogP contribution in [0.5, 0.6) is 5.75 Å². The molecule has 0 bridgehead atoms. The second-order valence-electron chi connectivity index (χ2n) is 6.07. The number of nitrogens with one attached hydrogen (secondary N) is 1. The zero-order chi connectivity index (χ0) is 15.5. The van der Waals surface area contributed by atoms with E-state index >= 15 is 0 Å². The van der Waals surface area contributed by atoms with Crippen LogP contribution in [0.4, 0.5) is 4.39 Å². The van der Waals surface area contributed by atoms with E-state index in [0.29, 0.717) is 13.0 Å². The van der Waals surface area contributed by atoms with Gasteiger partial charge in [0.1, 0.15) is 11.6 Å². The Balaban J connectivity index is 1.71. The van der Waals surface area contributed by atoms with Crippen molar-refractivity contribution in [2.75, 3.05) is 19.7 Å². The molecule has 4 nitrogen and oxygen atoms in total. The van der Waals surface area contributed by atoms with Gasteiger partial charge in [-0.15, -0.1) is 0 Å². The van der Waals surface area contributed by atoms with Gasteiger partial charge in [-0.3, -0.25) is 4.79 Å². The van der Waals surface area contributed by atoms with Crippen LogP contribution in [-0.4, -0.2) is 36.5 Å². The van der Waals surface area contributed by atoms with E-state index in [0.717, 1.165) is 43.7 Å². The lowest BCUT2D eigenvalue weighted by Crippen LogP contribution is -2.37. The van der Waals surface area contributed by atoms with Gasteiger partial charge in [-0.25, -0.2) is 4.39 Å². The number of halogens is 1. The van der Waals surface area contributed by atoms with Crippen LogP contribution < -0.4 is 10.1 Å². The van der Waals surface area contributed by atoms with Gasteiger partial charge in [0.25, 0.3) is 0 Å². The third kappa shape index (κ3) is 3.24. The summed E-state index contributed by atoms with van der Waals surface area (Å²) in [6, 6.07) is 5.09. The highest BCUT2D eigenvalue weighted by atomic mass is 19.1. The quantitative estimate of drug-likeness (QED) is 0.933. The summed E-state index contributed by atoms with van der Waals surface area (Å²) in [4.78, 5) is 13.7. The predicted octanol–water partition coefficient (Wildman–Crippen LogP) is 2.64. The van der Waals surface area contributed by atoms with E-state index in [1.807, 2.05) is 11.8 Å². The minimum atomic E-state index is -0.231. The molecule has 1 N–H and O–H groups in total. The molecule has 1 aromatic rings. The van der Waals surface area contributed by atoms with Gasteiger partial charge in [0.2, 0.25) is 5.91 Å². The molecule has 120 valence electrons. The van der Waals surface area contributed by atoms with Gasteiger partial charge >= 0.3 is 0 Å². The molecular weight excluding hydrogens is 283 g/mol. The molecule has 3 rings (SSSR count). The summed E-state index contributed by atoms with van der Waals surface area (Å²) >= 11 is 0. The Hall–Kier alpha value is -1.62. The van der Waals surface area contributed by atoms with Crippen LogP contribution in [0.3, 0.4) is 0 Å². The molecule has 2 atom stereocenters. The third-order valence-electron chi connectivity index (χ3n) is 4.52. The number of rotatable bonds is 3. The zero-order valence-corrected chi connectivity index (χ0v) is 13.0. The van der Waals surface area contributed by atoms with Crippen molar-refractivity contribution in [3.8, 4) is 5.75 Å². The third-order valence-corrected chi connectivity index (χ3v) is 4.52. The van der Waals surface area contributed by atoms with Crippen LogP contribution in [0.1, 0.15) is 44.2 Å². The summed E-state index contributed by atoms with van der Waals surface area (Å²) in [6.45, 7) is 4.12. The Morgan fingerprint density at radius 1 is 1.45 bits per heavy atom. The van der Waals surface area contributed by atoms with E-state index in [2.05, 4.69) is 5.32 Å². The number of amides is 1. The molecule has 0 aliphatic carbocycles. The van der Waals surface area contributed by atoms with E-state index in [4.69, 9.17) is 4.74 Å². The number of benzene rings is 1. The first-order valence-electron chi connectivity index (χ1n) is 8.13. The first-order valence-corrected chi connectivity index (χ1v) is 8.13. The average molecular weight is 306 g/mol. The van der Waals surface area contributed by atoms with E-state index < -0.39 is 0 Å². The molecule has 0 saturated carbocycles. The normalized spacial score (nSPS) is 24.5. The zero-order valence-electron chi connectivity index (χ0n) is 13.0. The number of hydrogen-bond donors (Lipinski definition) is 1. The maximum atomic E-state index is 13.6. The van der Waals surface area contributed by atoms with E-state index in [1.54, 1.807) is 12.1 Å². The largest absolute Gasteiger partial charge is 0.493 e. The maximum Gasteiger partial charge on any atom is 0.222 e. The number of likely N-dealkylation sites (tertiary alicyclic amines) is 1. The number of ether oxygens (including phenoxy) is 1. The summed E-state index contributed by atoms with van der Waals surface area (Å²) < 4.78 is 19.3. The van der Waals surface area contributed by atoms with Gasteiger partial charge in [-0.05, 0) is 37.5 Å². The van der Waals surface area contributed by atoms with Crippen molar-refractivity contribution >= 4 is 5.91 Å². The van der Waals surface area contributed by atoms with Gasteiger partial charge in [0.05, 0.1) is 6.61 Å². The van der Waals surface area contributed by atoms with Crippen molar-refractivity contribution in [1.82, 2.24) is 10.2 Å². The summed E-state index contributed by atoms with van der Waals surface area (Å²) in [6.07, 6.45) is 3.37. The number of carbonyl (C=O) groups is 1. The molecule has 0 aromatic heterocycles. The molecular formula is C17H23FN2O2. The topological polar surface area (TPSA) is 41.6 Å². The lowest BCUT2D eigenvalue weighted by atomic mass is 10.0. The fraction of sp³-hybridized carbons (Fsp3) is 0.588. The Labute approximate surface area is 130 Å². The van der Waals surface area contributed by atoms with Crippen LogP contribution >= 0.6 is 0 Å². The first-order chi connectivity index (χ1) is 10.7. The van der Waals surface area contributed by atoms with E-state index in [1.165, 1.54) is 6.07 Å². The molecule has 5 heteroatoms. The fourth-order valence-corrected chi connectivity index (χ4v) is 3.35. The average Bonchev–Trinajstić information content (AvgIpc) is 2.90. The highest BCUT2D eigenvalue weighted by molar-refractivity contribution is 5.76. The van der Waals surface area contributed by atoms with Crippen molar-refractivity contribution in [1.29, 1.82) is 0 Å². The van der Waals surface area contributed by atoms with Crippen molar-refractivity contribution in [3.63, 3.8) is 0 Å². The number of fused-ring (bicyclic) bond motifs is 1. The van der Waals surface area contributed by atoms with E-state index in [-0.39, 0.29) is 23.8 Å². The van der Waals surface area contributed by atoms with Crippen molar-refractivity contribution < 1.29 is 13.9 Å². The molecule has 1 saturated heterocycles. The lowest BCUT2D eigenvalue weighted by molar-refractivity contribution is -0.129. The number of hydrogen-bond acceptors (Lipinski definition) is 3. The molecule has 22 heavy (non-hydrogen) atoms. The summed E-state index contributed by atoms with van der Waals surface area (Å²) in [5.74, 6) is 0.751. The molecule has 0 unspecified atom stereocenters. The summed E-state index contributed by atoms with van der Waals surface area (Å²) in [5.41, 5.74) is 0.901. The van der Waals surface area contributed by atoms with Gasteiger partial charge in [0, 0.05) is 37.2 Å². The van der Waals surface area contributed by atoms with Crippen molar-refractivity contribution in [2.45, 2.75) is 44.7 Å². The van der Waals surface area contributed by atoms with Gasteiger partial charge in [-0.2, -0.15) is 0 Å². The lowest BCUT2D eigenvalue weighted by Gasteiger charge is -2.23. The second kappa shape index (κ2) is 6.65. The van der Waals surface area contributed by atoms with Gasteiger partial charge in [0.15, 0.2) is 0 Å². The van der Waals surface area contributed by atoms with Crippen molar-refractivity contribution in [2.24, 2.45) is 0 Å².